The first-order valence-electron chi connectivity index (χ1n) is 10.4. The van der Waals surface area contributed by atoms with E-state index >= 15 is 0 Å². The van der Waals surface area contributed by atoms with Gasteiger partial charge in [0.15, 0.2) is 11.0 Å². The quantitative estimate of drug-likeness (QED) is 0.270. The van der Waals surface area contributed by atoms with E-state index in [1.165, 1.54) is 30.9 Å². The van der Waals surface area contributed by atoms with Crippen molar-refractivity contribution in [2.24, 2.45) is 5.92 Å². The van der Waals surface area contributed by atoms with Gasteiger partial charge in [-0.05, 0) is 24.5 Å². The van der Waals surface area contributed by atoms with E-state index in [4.69, 9.17) is 4.52 Å². The summed E-state index contributed by atoms with van der Waals surface area (Å²) in [5, 5.41) is 7.50. The summed E-state index contributed by atoms with van der Waals surface area (Å²) in [5.74, 6) is 0.998. The average molecular weight is 429 g/mol. The summed E-state index contributed by atoms with van der Waals surface area (Å²) >= 11 is 1.26. The monoisotopic (exact) mass is 428 g/mol. The third-order valence-corrected chi connectivity index (χ3v) is 5.75. The van der Waals surface area contributed by atoms with Gasteiger partial charge in [-0.25, -0.2) is 4.98 Å². The molecule has 3 aromatic rings. The Morgan fingerprint density at radius 1 is 1.17 bits per heavy atom. The van der Waals surface area contributed by atoms with Crippen molar-refractivity contribution in [2.75, 3.05) is 11.1 Å². The van der Waals surface area contributed by atoms with Gasteiger partial charge in [0.05, 0.1) is 16.7 Å². The van der Waals surface area contributed by atoms with E-state index in [-0.39, 0.29) is 17.2 Å². The van der Waals surface area contributed by atoms with Crippen LogP contribution in [0.5, 0.6) is 0 Å². The Morgan fingerprint density at radius 2 is 1.97 bits per heavy atom. The normalized spacial score (nSPS) is 11.3. The van der Waals surface area contributed by atoms with Gasteiger partial charge in [0.25, 0.3) is 5.56 Å². The number of thioether (sulfide) groups is 1. The van der Waals surface area contributed by atoms with E-state index in [9.17, 15) is 9.59 Å². The van der Waals surface area contributed by atoms with Crippen molar-refractivity contribution in [1.29, 1.82) is 0 Å². The molecule has 0 atom stereocenters. The number of aromatic nitrogens is 3. The molecule has 2 heterocycles. The number of fused-ring (bicyclic) bond motifs is 1. The largest absolute Gasteiger partial charge is 0.363 e. The van der Waals surface area contributed by atoms with Crippen LogP contribution in [0.4, 0.5) is 5.82 Å². The molecule has 0 saturated heterocycles. The van der Waals surface area contributed by atoms with Gasteiger partial charge in [0, 0.05) is 12.6 Å². The zero-order valence-electron chi connectivity index (χ0n) is 17.5. The molecule has 7 nitrogen and oxygen atoms in total. The molecule has 0 aliphatic rings. The minimum Gasteiger partial charge on any atom is -0.363 e. The molecule has 30 heavy (non-hydrogen) atoms. The van der Waals surface area contributed by atoms with Crippen molar-refractivity contribution in [3.63, 3.8) is 0 Å². The lowest BCUT2D eigenvalue weighted by Gasteiger charge is -2.13. The predicted octanol–water partition coefficient (Wildman–Crippen LogP) is 4.72. The highest BCUT2D eigenvalue weighted by atomic mass is 32.2. The molecule has 0 bridgehead atoms. The maximum Gasteiger partial charge on any atom is 0.262 e. The average Bonchev–Trinajstić information content (AvgIpc) is 3.23. The molecule has 2 aromatic heterocycles. The number of anilines is 1. The molecule has 8 heteroatoms. The highest BCUT2D eigenvalue weighted by molar-refractivity contribution is 7.99. The molecule has 1 amide bonds. The lowest BCUT2D eigenvalue weighted by atomic mass is 10.0. The Hall–Kier alpha value is -2.61. The van der Waals surface area contributed by atoms with Crippen LogP contribution in [0.3, 0.4) is 0 Å². The first kappa shape index (κ1) is 22.1. The van der Waals surface area contributed by atoms with Gasteiger partial charge in [-0.2, -0.15) is 0 Å². The number of unbranched alkanes of at least 4 members (excludes halogenated alkanes) is 3. The standard InChI is InChI=1S/C22H28N4O3S/c1-16(2)9-5-3-4-8-13-26-21(28)17-10-6-7-11-18(17)23-22(26)30-15-20(27)24-19-12-14-29-25-19/h6-7,10-12,14,16H,3-5,8-9,13,15H2,1-2H3,(H,24,25,27). The molecule has 0 aliphatic heterocycles. The lowest BCUT2D eigenvalue weighted by molar-refractivity contribution is -0.113. The molecule has 0 fully saturated rings. The molecule has 0 aliphatic carbocycles. The van der Waals surface area contributed by atoms with E-state index < -0.39 is 0 Å². The molecule has 1 N–H and O–H groups in total. The van der Waals surface area contributed by atoms with Gasteiger partial charge in [-0.15, -0.1) is 0 Å². The maximum absolute atomic E-state index is 13.0. The second-order valence-corrected chi connectivity index (χ2v) is 8.63. The minimum absolute atomic E-state index is 0.0535. The van der Waals surface area contributed by atoms with E-state index in [0.717, 1.165) is 25.2 Å². The van der Waals surface area contributed by atoms with Crippen LogP contribution >= 0.6 is 11.8 Å². The SMILES string of the molecule is CC(C)CCCCCCn1c(SCC(=O)Nc2ccon2)nc2ccccc2c1=O. The van der Waals surface area contributed by atoms with Gasteiger partial charge >= 0.3 is 0 Å². The summed E-state index contributed by atoms with van der Waals surface area (Å²) in [4.78, 5) is 29.9. The molecule has 0 saturated carbocycles. The molecule has 0 spiro atoms. The van der Waals surface area contributed by atoms with E-state index in [1.807, 2.05) is 18.2 Å². The van der Waals surface area contributed by atoms with Crippen LogP contribution in [0.15, 0.2) is 51.1 Å². The Kier molecular flexibility index (Phi) is 8.07. The number of carbonyl (C=O) groups excluding carboxylic acids is 1. The number of nitrogens with one attached hydrogen (secondary N) is 1. The fraction of sp³-hybridized carbons (Fsp3) is 0.455. The fourth-order valence-corrected chi connectivity index (χ4v) is 4.04. The zero-order valence-corrected chi connectivity index (χ0v) is 18.3. The van der Waals surface area contributed by atoms with Crippen LogP contribution in [-0.4, -0.2) is 26.4 Å². The summed E-state index contributed by atoms with van der Waals surface area (Å²) in [7, 11) is 0. The molecule has 0 unspecified atom stereocenters. The Morgan fingerprint density at radius 3 is 2.73 bits per heavy atom. The van der Waals surface area contributed by atoms with Crippen molar-refractivity contribution < 1.29 is 9.32 Å². The number of rotatable bonds is 11. The molecular weight excluding hydrogens is 400 g/mol. The minimum atomic E-state index is -0.225. The number of benzene rings is 1. The van der Waals surface area contributed by atoms with E-state index in [0.29, 0.717) is 28.4 Å². The first-order chi connectivity index (χ1) is 14.5. The van der Waals surface area contributed by atoms with Gasteiger partial charge in [-0.1, -0.05) is 68.6 Å². The number of hydrogen-bond acceptors (Lipinski definition) is 6. The van der Waals surface area contributed by atoms with Crippen LogP contribution in [0.25, 0.3) is 10.9 Å². The Labute approximate surface area is 180 Å². The number of amides is 1. The van der Waals surface area contributed by atoms with Gasteiger partial charge in [0.1, 0.15) is 6.26 Å². The first-order valence-corrected chi connectivity index (χ1v) is 11.4. The number of carbonyl (C=O) groups is 1. The van der Waals surface area contributed by atoms with Gasteiger partial charge < -0.3 is 9.84 Å². The highest BCUT2D eigenvalue weighted by Crippen LogP contribution is 2.19. The number of nitrogens with zero attached hydrogens (tertiary/aromatic N) is 3. The molecular formula is C22H28N4O3S. The number of hydrogen-bond donors (Lipinski definition) is 1. The Balaban J connectivity index is 1.68. The fourth-order valence-electron chi connectivity index (χ4n) is 3.22. The second-order valence-electron chi connectivity index (χ2n) is 7.69. The highest BCUT2D eigenvalue weighted by Gasteiger charge is 2.13. The van der Waals surface area contributed by atoms with Crippen LogP contribution in [-0.2, 0) is 11.3 Å². The van der Waals surface area contributed by atoms with E-state index in [2.05, 4.69) is 29.3 Å². The third-order valence-electron chi connectivity index (χ3n) is 4.78. The van der Waals surface area contributed by atoms with Crippen molar-refractivity contribution in [1.82, 2.24) is 14.7 Å². The predicted molar refractivity (Wildman–Crippen MR) is 120 cm³/mol. The van der Waals surface area contributed by atoms with Gasteiger partial charge in [-0.3, -0.25) is 14.2 Å². The van der Waals surface area contributed by atoms with E-state index in [1.54, 1.807) is 16.7 Å². The summed E-state index contributed by atoms with van der Waals surface area (Å²) in [6.45, 7) is 5.08. The lowest BCUT2D eigenvalue weighted by Crippen LogP contribution is -2.24. The maximum atomic E-state index is 13.0. The van der Waals surface area contributed by atoms with Crippen molar-refractivity contribution in [3.8, 4) is 0 Å². The van der Waals surface area contributed by atoms with Crippen LogP contribution in [0, 0.1) is 5.92 Å². The second kappa shape index (κ2) is 11.0. The Bertz CT molecular complexity index is 1010. The van der Waals surface area contributed by atoms with Crippen molar-refractivity contribution in [3.05, 3.63) is 46.9 Å². The number of para-hydroxylation sites is 1. The summed E-state index contributed by atoms with van der Waals surface area (Å²) in [6, 6.07) is 8.91. The zero-order chi connectivity index (χ0) is 21.3. The summed E-state index contributed by atoms with van der Waals surface area (Å²) in [5.41, 5.74) is 0.595. The van der Waals surface area contributed by atoms with Crippen LogP contribution < -0.4 is 10.9 Å². The van der Waals surface area contributed by atoms with Crippen LogP contribution in [0.1, 0.15) is 46.0 Å². The summed E-state index contributed by atoms with van der Waals surface area (Å²) < 4.78 is 6.42. The van der Waals surface area contributed by atoms with Crippen LogP contribution in [0.2, 0.25) is 0 Å². The molecule has 1 aromatic carbocycles. The van der Waals surface area contributed by atoms with Crippen molar-refractivity contribution >= 4 is 34.4 Å². The molecule has 3 rings (SSSR count). The topological polar surface area (TPSA) is 90.0 Å². The smallest absolute Gasteiger partial charge is 0.262 e. The third kappa shape index (κ3) is 6.19. The molecule has 160 valence electrons. The molecule has 0 radical (unpaired) electrons. The van der Waals surface area contributed by atoms with Gasteiger partial charge in [0.2, 0.25) is 5.91 Å². The van der Waals surface area contributed by atoms with Crippen molar-refractivity contribution in [2.45, 2.75) is 57.7 Å². The summed E-state index contributed by atoms with van der Waals surface area (Å²) in [6.07, 6.45) is 6.99.